The molecule has 0 aliphatic rings. The highest BCUT2D eigenvalue weighted by Crippen LogP contribution is 2.37. The Morgan fingerprint density at radius 3 is 2.27 bits per heavy atom. The van der Waals surface area contributed by atoms with Crippen molar-refractivity contribution in [1.29, 1.82) is 0 Å². The first-order chi connectivity index (χ1) is 10.0. The molecule has 0 aromatic heterocycles. The zero-order valence-electron chi connectivity index (χ0n) is 10.6. The van der Waals surface area contributed by atoms with E-state index in [9.17, 15) is 33.0 Å². The molecule has 11 heteroatoms. The number of carbonyl (C=O) groups is 2. The molecule has 22 heavy (non-hydrogen) atoms. The minimum atomic E-state index is -5.34. The van der Waals surface area contributed by atoms with Crippen LogP contribution >= 0.6 is 0 Å². The number of carbonyl (C=O) groups excluding carboxylic acids is 2. The van der Waals surface area contributed by atoms with Gasteiger partial charge in [-0.15, -0.1) is 0 Å². The highest BCUT2D eigenvalue weighted by molar-refractivity contribution is 5.79. The molecule has 0 radical (unpaired) electrons. The summed E-state index contributed by atoms with van der Waals surface area (Å²) in [5.41, 5.74) is 5.20. The van der Waals surface area contributed by atoms with Crippen molar-refractivity contribution in [3.05, 3.63) is 17.7 Å². The van der Waals surface area contributed by atoms with Crippen molar-refractivity contribution >= 4 is 11.9 Å². The fourth-order valence-electron chi connectivity index (χ4n) is 1.28. The van der Waals surface area contributed by atoms with Crippen molar-refractivity contribution in [2.75, 3.05) is 0 Å². The van der Waals surface area contributed by atoms with Crippen LogP contribution in [0.4, 0.5) is 13.2 Å². The van der Waals surface area contributed by atoms with Crippen molar-refractivity contribution in [1.82, 2.24) is 0 Å². The van der Waals surface area contributed by atoms with Gasteiger partial charge in [-0.2, -0.15) is 13.2 Å². The number of nitrogens with two attached hydrogens (primary N) is 1. The molecule has 0 aliphatic heterocycles. The monoisotopic (exact) mass is 325 g/mol. The Hall–Kier alpha value is -2.69. The highest BCUT2D eigenvalue weighted by Gasteiger charge is 2.43. The molecule has 1 aromatic carbocycles. The molecule has 0 bridgehead atoms. The quantitative estimate of drug-likeness (QED) is 0.352. The van der Waals surface area contributed by atoms with Crippen molar-refractivity contribution in [2.45, 2.75) is 18.6 Å². The van der Waals surface area contributed by atoms with E-state index in [1.807, 2.05) is 0 Å². The Morgan fingerprint density at radius 2 is 1.73 bits per heavy atom. The fraction of sp³-hybridized carbons (Fsp3) is 0.273. The van der Waals surface area contributed by atoms with Crippen LogP contribution in [0.2, 0.25) is 0 Å². The number of hydrogen-bond donors (Lipinski definition) is 4. The lowest BCUT2D eigenvalue weighted by Gasteiger charge is -2.12. The molecule has 1 aromatic rings. The standard InChI is InChI=1S/C11H10F3NO7/c12-11(13,14)10(20)22-21-9(19)5(15)3-4-1-2-6(16)8(18)7(4)17/h1-2,5,16-18H,3,15H2. The van der Waals surface area contributed by atoms with Gasteiger partial charge in [-0.3, -0.25) is 0 Å². The highest BCUT2D eigenvalue weighted by atomic mass is 19.4. The summed E-state index contributed by atoms with van der Waals surface area (Å²) in [4.78, 5) is 28.5. The van der Waals surface area contributed by atoms with Gasteiger partial charge in [-0.05, 0) is 6.07 Å². The summed E-state index contributed by atoms with van der Waals surface area (Å²) >= 11 is 0. The molecule has 0 amide bonds. The third kappa shape index (κ3) is 4.15. The Balaban J connectivity index is 2.66. The van der Waals surface area contributed by atoms with Gasteiger partial charge in [0.15, 0.2) is 11.5 Å². The lowest BCUT2D eigenvalue weighted by molar-refractivity contribution is -0.286. The van der Waals surface area contributed by atoms with Gasteiger partial charge < -0.3 is 21.1 Å². The Kier molecular flexibility index (Phi) is 5.04. The molecule has 1 unspecified atom stereocenters. The third-order valence-electron chi connectivity index (χ3n) is 2.39. The molecule has 1 rings (SSSR count). The maximum atomic E-state index is 11.8. The maximum Gasteiger partial charge on any atom is 0.495 e. The number of phenols is 3. The Labute approximate surface area is 120 Å². The zero-order valence-corrected chi connectivity index (χ0v) is 10.6. The van der Waals surface area contributed by atoms with Crippen LogP contribution < -0.4 is 5.73 Å². The van der Waals surface area contributed by atoms with Gasteiger partial charge in [0, 0.05) is 12.0 Å². The largest absolute Gasteiger partial charge is 0.504 e. The molecular weight excluding hydrogens is 315 g/mol. The number of aromatic hydroxyl groups is 3. The molecule has 0 spiro atoms. The maximum absolute atomic E-state index is 11.8. The first-order valence-electron chi connectivity index (χ1n) is 5.52. The zero-order chi connectivity index (χ0) is 17.1. The van der Waals surface area contributed by atoms with E-state index >= 15 is 0 Å². The normalized spacial score (nSPS) is 12.5. The summed E-state index contributed by atoms with van der Waals surface area (Å²) in [6.45, 7) is 0. The second-order valence-corrected chi connectivity index (χ2v) is 4.02. The number of rotatable bonds is 3. The Bertz CT molecular complexity index is 588. The predicted octanol–water partition coefficient (Wildman–Crippen LogP) is 0.237. The second kappa shape index (κ2) is 6.39. The second-order valence-electron chi connectivity index (χ2n) is 4.02. The van der Waals surface area contributed by atoms with Crippen LogP contribution in [0.15, 0.2) is 12.1 Å². The van der Waals surface area contributed by atoms with Gasteiger partial charge in [-0.25, -0.2) is 19.4 Å². The number of halogens is 3. The fourth-order valence-corrected chi connectivity index (χ4v) is 1.28. The van der Waals surface area contributed by atoms with E-state index in [0.29, 0.717) is 0 Å². The molecule has 8 nitrogen and oxygen atoms in total. The smallest absolute Gasteiger partial charge is 0.495 e. The van der Waals surface area contributed by atoms with Crippen LogP contribution in [-0.2, 0) is 25.8 Å². The lowest BCUT2D eigenvalue weighted by atomic mass is 10.0. The van der Waals surface area contributed by atoms with Gasteiger partial charge in [0.05, 0.1) is 0 Å². The summed E-state index contributed by atoms with van der Waals surface area (Å²) in [7, 11) is 0. The molecule has 1 atom stereocenters. The SMILES string of the molecule is NC(Cc1ccc(O)c(O)c1O)C(=O)OOC(=O)C(F)(F)F. The minimum absolute atomic E-state index is 0.0955. The number of phenolic OH excluding ortho intramolecular Hbond substituents is 3. The van der Waals surface area contributed by atoms with Crippen molar-refractivity contribution in [2.24, 2.45) is 5.73 Å². The van der Waals surface area contributed by atoms with E-state index in [1.165, 1.54) is 0 Å². The molecule has 5 N–H and O–H groups in total. The molecule has 122 valence electrons. The topological polar surface area (TPSA) is 139 Å². The summed E-state index contributed by atoms with van der Waals surface area (Å²) in [5, 5.41) is 27.8. The van der Waals surface area contributed by atoms with Crippen LogP contribution in [0.25, 0.3) is 0 Å². The molecule has 0 saturated carbocycles. The predicted molar refractivity (Wildman–Crippen MR) is 61.4 cm³/mol. The first kappa shape index (κ1) is 17.4. The van der Waals surface area contributed by atoms with Gasteiger partial charge in [-0.1, -0.05) is 6.07 Å². The summed E-state index contributed by atoms with van der Waals surface area (Å²) in [6, 6.07) is 0.502. The Morgan fingerprint density at radius 1 is 1.14 bits per heavy atom. The summed E-state index contributed by atoms with van der Waals surface area (Å²) < 4.78 is 35.4. The number of hydrogen-bond acceptors (Lipinski definition) is 8. The van der Waals surface area contributed by atoms with Crippen LogP contribution in [0.3, 0.4) is 0 Å². The van der Waals surface area contributed by atoms with Gasteiger partial charge in [0.1, 0.15) is 6.04 Å². The molecular formula is C11H10F3NO7. The van der Waals surface area contributed by atoms with E-state index in [4.69, 9.17) is 10.8 Å². The first-order valence-corrected chi connectivity index (χ1v) is 5.52. The van der Waals surface area contributed by atoms with Crippen LogP contribution in [0.5, 0.6) is 17.2 Å². The van der Waals surface area contributed by atoms with Gasteiger partial charge >= 0.3 is 18.1 Å². The van der Waals surface area contributed by atoms with E-state index < -0.39 is 47.8 Å². The summed E-state index contributed by atoms with van der Waals surface area (Å²) in [5.74, 6) is -6.50. The summed E-state index contributed by atoms with van der Waals surface area (Å²) in [6.07, 6.45) is -5.81. The molecule has 0 fully saturated rings. The van der Waals surface area contributed by atoms with Crippen molar-refractivity contribution in [3.8, 4) is 17.2 Å². The molecule has 0 saturated heterocycles. The van der Waals surface area contributed by atoms with Gasteiger partial charge in [0.25, 0.3) is 0 Å². The average molecular weight is 325 g/mol. The van der Waals surface area contributed by atoms with Crippen LogP contribution in [0.1, 0.15) is 5.56 Å². The van der Waals surface area contributed by atoms with Crippen LogP contribution in [0, 0.1) is 0 Å². The lowest BCUT2D eigenvalue weighted by Crippen LogP contribution is -2.36. The van der Waals surface area contributed by atoms with Crippen molar-refractivity contribution < 1.29 is 47.9 Å². The van der Waals surface area contributed by atoms with Gasteiger partial charge in [0.2, 0.25) is 5.75 Å². The number of benzene rings is 1. The minimum Gasteiger partial charge on any atom is -0.504 e. The molecule has 0 heterocycles. The number of alkyl halides is 3. The average Bonchev–Trinajstić information content (AvgIpc) is 2.43. The van der Waals surface area contributed by atoms with E-state index in [1.54, 1.807) is 0 Å². The third-order valence-corrected chi connectivity index (χ3v) is 2.39. The van der Waals surface area contributed by atoms with Crippen LogP contribution in [-0.4, -0.2) is 39.5 Å². The van der Waals surface area contributed by atoms with E-state index in [-0.39, 0.29) is 5.56 Å². The van der Waals surface area contributed by atoms with E-state index in [2.05, 4.69) is 9.78 Å². The van der Waals surface area contributed by atoms with E-state index in [0.717, 1.165) is 12.1 Å². The van der Waals surface area contributed by atoms with Crippen molar-refractivity contribution in [3.63, 3.8) is 0 Å². The molecule has 0 aliphatic carbocycles.